The molecule has 0 saturated carbocycles. The fourth-order valence-corrected chi connectivity index (χ4v) is 2.69. The normalized spacial score (nSPS) is 10.6. The van der Waals surface area contributed by atoms with Crippen molar-refractivity contribution >= 4 is 28.8 Å². The molecule has 1 heterocycles. The first-order valence-electron chi connectivity index (χ1n) is 7.87. The Morgan fingerprint density at radius 1 is 1.28 bits per heavy atom. The summed E-state index contributed by atoms with van der Waals surface area (Å²) in [7, 11) is 0. The quantitative estimate of drug-likeness (QED) is 0.697. The number of carbonyl (C=O) groups is 2. The van der Waals surface area contributed by atoms with E-state index >= 15 is 0 Å². The van der Waals surface area contributed by atoms with Gasteiger partial charge in [0.2, 0.25) is 5.91 Å². The molecular weight excluding hydrogens is 323 g/mol. The van der Waals surface area contributed by atoms with Crippen LogP contribution in [0.4, 0.5) is 10.1 Å². The zero-order valence-corrected chi connectivity index (χ0v) is 13.7. The lowest BCUT2D eigenvalue weighted by molar-refractivity contribution is -0.116. The lowest BCUT2D eigenvalue weighted by atomic mass is 10.2. The van der Waals surface area contributed by atoms with Gasteiger partial charge in [-0.25, -0.2) is 4.39 Å². The molecular formula is C19H17FN2O3. The van der Waals surface area contributed by atoms with Gasteiger partial charge in [-0.1, -0.05) is 12.1 Å². The van der Waals surface area contributed by atoms with Crippen molar-refractivity contribution in [2.24, 2.45) is 0 Å². The van der Waals surface area contributed by atoms with E-state index in [1.54, 1.807) is 41.1 Å². The third-order valence-electron chi connectivity index (χ3n) is 3.78. The predicted octanol–water partition coefficient (Wildman–Crippen LogP) is 3.63. The Morgan fingerprint density at radius 3 is 2.80 bits per heavy atom. The van der Waals surface area contributed by atoms with Crippen molar-refractivity contribution in [2.75, 3.05) is 11.9 Å². The zero-order valence-electron chi connectivity index (χ0n) is 13.7. The Labute approximate surface area is 144 Å². The van der Waals surface area contributed by atoms with Crippen molar-refractivity contribution in [3.8, 4) is 5.75 Å². The first-order chi connectivity index (χ1) is 12.1. The molecule has 2 aromatic carbocycles. The van der Waals surface area contributed by atoms with Gasteiger partial charge < -0.3 is 14.6 Å². The maximum Gasteiger partial charge on any atom is 0.244 e. The van der Waals surface area contributed by atoms with E-state index in [0.29, 0.717) is 23.3 Å². The van der Waals surface area contributed by atoms with Crippen LogP contribution in [0.2, 0.25) is 0 Å². The first-order valence-corrected chi connectivity index (χ1v) is 7.87. The molecule has 0 fully saturated rings. The molecule has 1 N–H and O–H groups in total. The summed E-state index contributed by atoms with van der Waals surface area (Å²) in [5, 5.41) is 3.24. The second-order valence-electron chi connectivity index (χ2n) is 5.47. The van der Waals surface area contributed by atoms with Gasteiger partial charge in [0.05, 0.1) is 12.3 Å². The topological polar surface area (TPSA) is 60.3 Å². The number of halogens is 1. The molecule has 1 amide bonds. The highest BCUT2D eigenvalue weighted by Crippen LogP contribution is 2.25. The molecule has 128 valence electrons. The number of nitrogens with zero attached hydrogens (tertiary/aromatic N) is 1. The molecule has 0 unspecified atom stereocenters. The van der Waals surface area contributed by atoms with Gasteiger partial charge in [0.1, 0.15) is 18.1 Å². The van der Waals surface area contributed by atoms with E-state index in [2.05, 4.69) is 5.32 Å². The van der Waals surface area contributed by atoms with Crippen LogP contribution in [-0.2, 0) is 11.3 Å². The van der Waals surface area contributed by atoms with Crippen molar-refractivity contribution < 1.29 is 18.7 Å². The largest absolute Gasteiger partial charge is 0.494 e. The van der Waals surface area contributed by atoms with E-state index in [1.165, 1.54) is 12.1 Å². The van der Waals surface area contributed by atoms with Crippen LogP contribution in [-0.4, -0.2) is 23.4 Å². The van der Waals surface area contributed by atoms with Gasteiger partial charge in [-0.3, -0.25) is 9.59 Å². The molecule has 0 aliphatic carbocycles. The van der Waals surface area contributed by atoms with E-state index in [-0.39, 0.29) is 18.1 Å². The van der Waals surface area contributed by atoms with Crippen LogP contribution in [0, 0.1) is 5.82 Å². The van der Waals surface area contributed by atoms with E-state index in [0.717, 1.165) is 11.8 Å². The number of ether oxygens (including phenoxy) is 1. The summed E-state index contributed by atoms with van der Waals surface area (Å²) in [5.41, 5.74) is 1.32. The van der Waals surface area contributed by atoms with Crippen LogP contribution in [0.25, 0.3) is 10.9 Å². The SMILES string of the molecule is CCOc1ccc2c(c1)c(C=O)cn2CC(=O)Nc1ccccc1F. The predicted molar refractivity (Wildman–Crippen MR) is 93.5 cm³/mol. The van der Waals surface area contributed by atoms with E-state index in [4.69, 9.17) is 4.74 Å². The minimum Gasteiger partial charge on any atom is -0.494 e. The van der Waals surface area contributed by atoms with Crippen molar-refractivity contribution in [3.63, 3.8) is 0 Å². The monoisotopic (exact) mass is 340 g/mol. The van der Waals surface area contributed by atoms with Crippen LogP contribution >= 0.6 is 0 Å². The molecule has 3 aromatic rings. The number of anilines is 1. The second-order valence-corrected chi connectivity index (χ2v) is 5.47. The highest BCUT2D eigenvalue weighted by Gasteiger charge is 2.13. The molecule has 0 saturated heterocycles. The molecule has 0 radical (unpaired) electrons. The Bertz CT molecular complexity index is 934. The fourth-order valence-electron chi connectivity index (χ4n) is 2.69. The summed E-state index contributed by atoms with van der Waals surface area (Å²) in [6, 6.07) is 11.3. The Hall–Kier alpha value is -3.15. The number of fused-ring (bicyclic) bond motifs is 1. The number of aldehydes is 1. The number of para-hydroxylation sites is 1. The highest BCUT2D eigenvalue weighted by molar-refractivity contribution is 5.99. The number of carbonyl (C=O) groups excluding carboxylic acids is 2. The standard InChI is InChI=1S/C19H17FN2O3/c1-2-25-14-7-8-18-15(9-14)13(12-23)10-22(18)11-19(24)21-17-6-4-3-5-16(17)20/h3-10,12H,2,11H2,1H3,(H,21,24). The van der Waals surface area contributed by atoms with Crippen LogP contribution in [0.1, 0.15) is 17.3 Å². The van der Waals surface area contributed by atoms with Gasteiger partial charge >= 0.3 is 0 Å². The van der Waals surface area contributed by atoms with Crippen LogP contribution < -0.4 is 10.1 Å². The number of amides is 1. The third-order valence-corrected chi connectivity index (χ3v) is 3.78. The second kappa shape index (κ2) is 7.17. The number of benzene rings is 2. The third kappa shape index (κ3) is 3.52. The van der Waals surface area contributed by atoms with Crippen molar-refractivity contribution in [3.05, 3.63) is 60.0 Å². The summed E-state index contributed by atoms with van der Waals surface area (Å²) in [6.07, 6.45) is 2.34. The molecule has 3 rings (SSSR count). The summed E-state index contributed by atoms with van der Waals surface area (Å²) in [4.78, 5) is 23.6. The van der Waals surface area contributed by atoms with Crippen LogP contribution in [0.3, 0.4) is 0 Å². The molecule has 0 atom stereocenters. The van der Waals surface area contributed by atoms with Gasteiger partial charge in [0.25, 0.3) is 0 Å². The first kappa shape index (κ1) is 16.7. The van der Waals surface area contributed by atoms with E-state index in [9.17, 15) is 14.0 Å². The van der Waals surface area contributed by atoms with Crippen LogP contribution in [0.15, 0.2) is 48.7 Å². The molecule has 0 aliphatic heterocycles. The van der Waals surface area contributed by atoms with Gasteiger partial charge in [0, 0.05) is 22.7 Å². The van der Waals surface area contributed by atoms with E-state index < -0.39 is 5.82 Å². The van der Waals surface area contributed by atoms with Crippen LogP contribution in [0.5, 0.6) is 5.75 Å². The molecule has 25 heavy (non-hydrogen) atoms. The van der Waals surface area contributed by atoms with Gasteiger partial charge in [-0.2, -0.15) is 0 Å². The fraction of sp³-hybridized carbons (Fsp3) is 0.158. The highest BCUT2D eigenvalue weighted by atomic mass is 19.1. The Balaban J connectivity index is 1.87. The zero-order chi connectivity index (χ0) is 17.8. The molecule has 0 aliphatic rings. The van der Waals surface area contributed by atoms with Gasteiger partial charge in [-0.15, -0.1) is 0 Å². The number of rotatable bonds is 6. The maximum absolute atomic E-state index is 13.6. The average Bonchev–Trinajstić information content (AvgIpc) is 2.94. The smallest absolute Gasteiger partial charge is 0.244 e. The molecule has 5 nitrogen and oxygen atoms in total. The maximum atomic E-state index is 13.6. The number of hydrogen-bond donors (Lipinski definition) is 1. The number of nitrogens with one attached hydrogen (secondary N) is 1. The molecule has 0 spiro atoms. The molecule has 0 bridgehead atoms. The number of aromatic nitrogens is 1. The summed E-state index contributed by atoms with van der Waals surface area (Å²) in [5.74, 6) is -0.219. The summed E-state index contributed by atoms with van der Waals surface area (Å²) in [6.45, 7) is 2.36. The van der Waals surface area contributed by atoms with Crippen molar-refractivity contribution in [1.29, 1.82) is 0 Å². The Morgan fingerprint density at radius 2 is 2.08 bits per heavy atom. The van der Waals surface area contributed by atoms with E-state index in [1.807, 2.05) is 6.92 Å². The van der Waals surface area contributed by atoms with Gasteiger partial charge in [-0.05, 0) is 37.3 Å². The molecule has 6 heteroatoms. The summed E-state index contributed by atoms with van der Waals surface area (Å²) < 4.78 is 20.7. The summed E-state index contributed by atoms with van der Waals surface area (Å²) >= 11 is 0. The number of hydrogen-bond acceptors (Lipinski definition) is 3. The lowest BCUT2D eigenvalue weighted by Crippen LogP contribution is -2.18. The average molecular weight is 340 g/mol. The van der Waals surface area contributed by atoms with Crippen molar-refractivity contribution in [2.45, 2.75) is 13.5 Å². The van der Waals surface area contributed by atoms with Crippen molar-refractivity contribution in [1.82, 2.24) is 4.57 Å². The molecule has 1 aromatic heterocycles. The minimum absolute atomic E-state index is 0.0351. The minimum atomic E-state index is -0.497. The lowest BCUT2D eigenvalue weighted by Gasteiger charge is -2.08. The Kier molecular flexibility index (Phi) is 4.79. The van der Waals surface area contributed by atoms with Gasteiger partial charge in [0.15, 0.2) is 6.29 Å².